The molecule has 1 atom stereocenters. The van der Waals surface area contributed by atoms with Crippen LogP contribution in [-0.4, -0.2) is 24.8 Å². The second kappa shape index (κ2) is 4.93. The summed E-state index contributed by atoms with van der Waals surface area (Å²) in [6.45, 7) is 2.07. The predicted molar refractivity (Wildman–Crippen MR) is 61.7 cm³/mol. The molecule has 0 unspecified atom stereocenters. The normalized spacial score (nSPS) is 25.6. The van der Waals surface area contributed by atoms with Crippen molar-refractivity contribution in [3.05, 3.63) is 35.6 Å². The van der Waals surface area contributed by atoms with Crippen molar-refractivity contribution in [1.29, 1.82) is 0 Å². The fourth-order valence-electron chi connectivity index (χ4n) is 2.41. The predicted octanol–water partition coefficient (Wildman–Crippen LogP) is 1.73. The molecule has 1 aromatic carbocycles. The van der Waals surface area contributed by atoms with E-state index in [-0.39, 0.29) is 17.8 Å². The summed E-state index contributed by atoms with van der Waals surface area (Å²) in [4.78, 5) is 0. The topological polar surface area (TPSA) is 32.3 Å². The van der Waals surface area contributed by atoms with Gasteiger partial charge in [-0.15, -0.1) is 0 Å². The lowest BCUT2D eigenvalue weighted by Gasteiger charge is -2.36. The molecule has 3 heteroatoms. The third kappa shape index (κ3) is 2.60. The molecule has 0 radical (unpaired) electrons. The highest BCUT2D eigenvalue weighted by atomic mass is 19.1. The zero-order valence-corrected chi connectivity index (χ0v) is 9.38. The van der Waals surface area contributed by atoms with Gasteiger partial charge in [0.25, 0.3) is 0 Å². The molecule has 88 valence electrons. The quantitative estimate of drug-likeness (QED) is 0.818. The molecule has 1 aliphatic heterocycles. The average molecular weight is 223 g/mol. The maximum Gasteiger partial charge on any atom is 0.123 e. The van der Waals surface area contributed by atoms with Gasteiger partial charge in [-0.05, 0) is 43.5 Å². The van der Waals surface area contributed by atoms with E-state index in [1.165, 1.54) is 12.1 Å². The Labute approximate surface area is 95.5 Å². The van der Waals surface area contributed by atoms with E-state index in [0.717, 1.165) is 37.9 Å². The molecule has 2 nitrogen and oxygen atoms in total. The van der Waals surface area contributed by atoms with Gasteiger partial charge < -0.3 is 10.4 Å². The van der Waals surface area contributed by atoms with Gasteiger partial charge in [0, 0.05) is 12.0 Å². The van der Waals surface area contributed by atoms with Crippen LogP contribution in [0.5, 0.6) is 0 Å². The largest absolute Gasteiger partial charge is 0.396 e. The van der Waals surface area contributed by atoms with Gasteiger partial charge in [-0.25, -0.2) is 4.39 Å². The van der Waals surface area contributed by atoms with Crippen molar-refractivity contribution in [3.8, 4) is 0 Å². The molecule has 1 aromatic rings. The van der Waals surface area contributed by atoms with Gasteiger partial charge >= 0.3 is 0 Å². The number of hydrogen-bond acceptors (Lipinski definition) is 2. The molecule has 16 heavy (non-hydrogen) atoms. The highest BCUT2D eigenvalue weighted by Gasteiger charge is 2.31. The van der Waals surface area contributed by atoms with E-state index in [1.807, 2.05) is 0 Å². The Kier molecular flexibility index (Phi) is 3.56. The van der Waals surface area contributed by atoms with Crippen molar-refractivity contribution in [3.63, 3.8) is 0 Å². The zero-order valence-electron chi connectivity index (χ0n) is 9.38. The molecule has 2 N–H and O–H groups in total. The Morgan fingerprint density at radius 2 is 2.06 bits per heavy atom. The SMILES string of the molecule is OC[C@@]1(Cc2ccc(F)cc2)CCCNC1. The van der Waals surface area contributed by atoms with E-state index in [4.69, 9.17) is 0 Å². The smallest absolute Gasteiger partial charge is 0.123 e. The molecule has 0 saturated carbocycles. The van der Waals surface area contributed by atoms with Crippen molar-refractivity contribution >= 4 is 0 Å². The number of aliphatic hydroxyl groups is 1. The number of rotatable bonds is 3. The fraction of sp³-hybridized carbons (Fsp3) is 0.538. The van der Waals surface area contributed by atoms with Crippen molar-refractivity contribution in [2.45, 2.75) is 19.3 Å². The standard InChI is InChI=1S/C13H18FNO/c14-12-4-2-11(3-5-12)8-13(10-16)6-1-7-15-9-13/h2-5,15-16H,1,6-10H2/t13-/m1/s1. The van der Waals surface area contributed by atoms with Crippen LogP contribution in [0.3, 0.4) is 0 Å². The minimum absolute atomic E-state index is 0.0594. The molecule has 0 aromatic heterocycles. The number of nitrogens with one attached hydrogen (secondary N) is 1. The van der Waals surface area contributed by atoms with E-state index in [2.05, 4.69) is 5.32 Å². The molecule has 2 rings (SSSR count). The maximum atomic E-state index is 12.8. The highest BCUT2D eigenvalue weighted by molar-refractivity contribution is 5.18. The van der Waals surface area contributed by atoms with Crippen LogP contribution in [0.4, 0.5) is 4.39 Å². The summed E-state index contributed by atoms with van der Waals surface area (Å²) in [5.74, 6) is -0.205. The van der Waals surface area contributed by atoms with E-state index in [9.17, 15) is 9.50 Å². The van der Waals surface area contributed by atoms with Gasteiger partial charge in [-0.1, -0.05) is 12.1 Å². The van der Waals surface area contributed by atoms with Crippen LogP contribution in [0.15, 0.2) is 24.3 Å². The summed E-state index contributed by atoms with van der Waals surface area (Å²) >= 11 is 0. The van der Waals surface area contributed by atoms with Gasteiger partial charge in [0.05, 0.1) is 6.61 Å². The lowest BCUT2D eigenvalue weighted by atomic mass is 9.76. The number of aliphatic hydroxyl groups excluding tert-OH is 1. The summed E-state index contributed by atoms with van der Waals surface area (Å²) in [7, 11) is 0. The first-order chi connectivity index (χ1) is 7.74. The molecule has 0 bridgehead atoms. The number of piperidine rings is 1. The first kappa shape index (κ1) is 11.6. The van der Waals surface area contributed by atoms with Crippen molar-refractivity contribution in [2.24, 2.45) is 5.41 Å². The van der Waals surface area contributed by atoms with Gasteiger partial charge in [0.2, 0.25) is 0 Å². The van der Waals surface area contributed by atoms with Crippen LogP contribution >= 0.6 is 0 Å². The molecule has 1 aliphatic rings. The summed E-state index contributed by atoms with van der Waals surface area (Å²) in [6, 6.07) is 6.58. The van der Waals surface area contributed by atoms with Crippen LogP contribution in [0.25, 0.3) is 0 Å². The molecule has 1 heterocycles. The van der Waals surface area contributed by atoms with Crippen LogP contribution in [-0.2, 0) is 6.42 Å². The Morgan fingerprint density at radius 3 is 2.62 bits per heavy atom. The van der Waals surface area contributed by atoms with Crippen molar-refractivity contribution in [2.75, 3.05) is 19.7 Å². The minimum Gasteiger partial charge on any atom is -0.396 e. The highest BCUT2D eigenvalue weighted by Crippen LogP contribution is 2.30. The molecular formula is C13H18FNO. The Balaban J connectivity index is 2.08. The molecule has 1 fully saturated rings. The van der Waals surface area contributed by atoms with Crippen LogP contribution in [0.2, 0.25) is 0 Å². The monoisotopic (exact) mass is 223 g/mol. The number of benzene rings is 1. The van der Waals surface area contributed by atoms with Crippen molar-refractivity contribution < 1.29 is 9.50 Å². The molecular weight excluding hydrogens is 205 g/mol. The van der Waals surface area contributed by atoms with Gasteiger partial charge in [0.1, 0.15) is 5.82 Å². The first-order valence-electron chi connectivity index (χ1n) is 5.80. The summed E-state index contributed by atoms with van der Waals surface area (Å²) in [6.07, 6.45) is 2.95. The number of hydrogen-bond donors (Lipinski definition) is 2. The Bertz CT molecular complexity index is 330. The zero-order chi connectivity index (χ0) is 11.4. The van der Waals surface area contributed by atoms with E-state index in [1.54, 1.807) is 12.1 Å². The summed E-state index contributed by atoms with van der Waals surface area (Å²) < 4.78 is 12.8. The van der Waals surface area contributed by atoms with E-state index >= 15 is 0 Å². The van der Waals surface area contributed by atoms with Gasteiger partial charge in [-0.2, -0.15) is 0 Å². The van der Waals surface area contributed by atoms with Gasteiger partial charge in [-0.3, -0.25) is 0 Å². The first-order valence-corrected chi connectivity index (χ1v) is 5.80. The van der Waals surface area contributed by atoms with Crippen LogP contribution in [0, 0.1) is 11.2 Å². The molecule has 0 amide bonds. The van der Waals surface area contributed by atoms with E-state index < -0.39 is 0 Å². The average Bonchev–Trinajstić information content (AvgIpc) is 2.33. The Morgan fingerprint density at radius 1 is 1.31 bits per heavy atom. The van der Waals surface area contributed by atoms with Crippen molar-refractivity contribution in [1.82, 2.24) is 5.32 Å². The minimum atomic E-state index is -0.205. The van der Waals surface area contributed by atoms with E-state index in [0.29, 0.717) is 0 Å². The molecule has 0 spiro atoms. The lowest BCUT2D eigenvalue weighted by Crippen LogP contribution is -2.44. The molecule has 0 aliphatic carbocycles. The maximum absolute atomic E-state index is 12.8. The summed E-state index contributed by atoms with van der Waals surface area (Å²) in [5.41, 5.74) is 1.04. The Hall–Kier alpha value is -0.930. The second-order valence-corrected chi connectivity index (χ2v) is 4.74. The number of halogens is 1. The van der Waals surface area contributed by atoms with Crippen LogP contribution in [0.1, 0.15) is 18.4 Å². The van der Waals surface area contributed by atoms with Crippen LogP contribution < -0.4 is 5.32 Å². The molecule has 1 saturated heterocycles. The second-order valence-electron chi connectivity index (χ2n) is 4.74. The van der Waals surface area contributed by atoms with Gasteiger partial charge in [0.15, 0.2) is 0 Å². The summed E-state index contributed by atoms with van der Waals surface area (Å²) in [5, 5.41) is 12.9. The third-order valence-corrected chi connectivity index (χ3v) is 3.39. The third-order valence-electron chi connectivity index (χ3n) is 3.39. The lowest BCUT2D eigenvalue weighted by molar-refractivity contribution is 0.0948. The fourth-order valence-corrected chi connectivity index (χ4v) is 2.41.